The predicted molar refractivity (Wildman–Crippen MR) is 93.1 cm³/mol. The molecule has 0 amide bonds. The Morgan fingerprint density at radius 1 is 1.23 bits per heavy atom. The average Bonchev–Trinajstić information content (AvgIpc) is 2.76. The first-order valence-electron chi connectivity index (χ1n) is 8.26. The summed E-state index contributed by atoms with van der Waals surface area (Å²) in [5.41, 5.74) is 3.04. The number of hydrogen-bond donors (Lipinski definition) is 1. The van der Waals surface area contributed by atoms with Gasteiger partial charge in [-0.05, 0) is 71.3 Å². The number of hydrogen-bond acceptors (Lipinski definition) is 3. The van der Waals surface area contributed by atoms with Crippen molar-refractivity contribution in [3.63, 3.8) is 0 Å². The quantitative estimate of drug-likeness (QED) is 0.851. The van der Waals surface area contributed by atoms with Crippen LogP contribution in [0.2, 0.25) is 0 Å². The van der Waals surface area contributed by atoms with Gasteiger partial charge in [0.15, 0.2) is 0 Å². The predicted octanol–water partition coefficient (Wildman–Crippen LogP) is 3.05. The highest BCUT2D eigenvalue weighted by molar-refractivity contribution is 7.90. The second kappa shape index (κ2) is 5.82. The van der Waals surface area contributed by atoms with E-state index in [1.807, 2.05) is 20.8 Å². The fourth-order valence-corrected chi connectivity index (χ4v) is 4.73. The highest BCUT2D eigenvalue weighted by Gasteiger charge is 2.49. The van der Waals surface area contributed by atoms with E-state index in [0.717, 1.165) is 19.5 Å². The third-order valence-corrected chi connectivity index (χ3v) is 6.85. The molecule has 0 unspecified atom stereocenters. The first-order chi connectivity index (χ1) is 10.3. The lowest BCUT2D eigenvalue weighted by molar-refractivity contribution is 0.0994. The van der Waals surface area contributed by atoms with Crippen LogP contribution in [0.5, 0.6) is 0 Å². The van der Waals surface area contributed by atoms with Gasteiger partial charge in [-0.15, -0.1) is 4.72 Å². The van der Waals surface area contributed by atoms with E-state index in [1.165, 1.54) is 24.0 Å². The van der Waals surface area contributed by atoms with Crippen LogP contribution < -0.4 is 4.72 Å². The number of piperidine rings is 1. The van der Waals surface area contributed by atoms with E-state index < -0.39 is 11.4 Å². The van der Waals surface area contributed by atoms with E-state index in [9.17, 15) is 4.55 Å². The van der Waals surface area contributed by atoms with Gasteiger partial charge in [0.2, 0.25) is 0 Å². The number of nitrogens with one attached hydrogen (secondary N) is 1. The summed E-state index contributed by atoms with van der Waals surface area (Å²) in [4.78, 5) is 2.41. The SMILES string of the molecule is CN1CCC2(CC1)Cc1ccccc1[C@@H]2N[S@+]([O-])C(C)(C)C. The number of fused-ring (bicyclic) bond motifs is 1. The Kier molecular flexibility index (Phi) is 4.32. The first kappa shape index (κ1) is 16.3. The van der Waals surface area contributed by atoms with Gasteiger partial charge in [0.25, 0.3) is 0 Å². The summed E-state index contributed by atoms with van der Waals surface area (Å²) in [6, 6.07) is 8.93. The first-order valence-corrected chi connectivity index (χ1v) is 9.41. The summed E-state index contributed by atoms with van der Waals surface area (Å²) < 4.78 is 16.0. The molecule has 0 radical (unpaired) electrons. The van der Waals surface area contributed by atoms with E-state index in [4.69, 9.17) is 0 Å². The van der Waals surface area contributed by atoms with Crippen molar-refractivity contribution in [2.45, 2.75) is 50.8 Å². The zero-order valence-corrected chi connectivity index (χ0v) is 15.0. The molecular formula is C18H28N2OS. The van der Waals surface area contributed by atoms with E-state index >= 15 is 0 Å². The average molecular weight is 321 g/mol. The third-order valence-electron chi connectivity index (χ3n) is 5.28. The molecule has 1 aromatic rings. The van der Waals surface area contributed by atoms with Crippen molar-refractivity contribution in [3.8, 4) is 0 Å². The number of benzene rings is 1. The smallest absolute Gasteiger partial charge is 0.136 e. The normalized spacial score (nSPS) is 26.1. The second-order valence-corrected chi connectivity index (χ2v) is 9.97. The molecule has 0 saturated carbocycles. The fraction of sp³-hybridized carbons (Fsp3) is 0.667. The molecular weight excluding hydrogens is 292 g/mol. The molecule has 1 aromatic carbocycles. The van der Waals surface area contributed by atoms with Gasteiger partial charge >= 0.3 is 0 Å². The maximum absolute atomic E-state index is 12.7. The lowest BCUT2D eigenvalue weighted by Crippen LogP contribution is -2.49. The maximum Gasteiger partial charge on any atom is 0.136 e. The highest BCUT2D eigenvalue weighted by atomic mass is 32.2. The molecule has 2 atom stereocenters. The summed E-state index contributed by atoms with van der Waals surface area (Å²) in [7, 11) is 2.20. The second-order valence-electron chi connectivity index (χ2n) is 7.97. The molecule has 1 N–H and O–H groups in total. The Hall–Kier alpha value is -0.550. The summed E-state index contributed by atoms with van der Waals surface area (Å²) in [5, 5.41) is 0. The molecule has 0 aromatic heterocycles. The van der Waals surface area contributed by atoms with Crippen LogP contribution in [0.3, 0.4) is 0 Å². The standard InChI is InChI=1S/C18H28N2OS/c1-17(2,3)22(21)19-16-15-8-6-5-7-14(15)13-18(16)9-11-20(4)12-10-18/h5-8,16,19H,9-13H2,1-4H3/t16-,22+/m0/s1. The van der Waals surface area contributed by atoms with Crippen molar-refractivity contribution in [2.24, 2.45) is 5.41 Å². The Labute approximate surface area is 137 Å². The van der Waals surface area contributed by atoms with Crippen molar-refractivity contribution < 1.29 is 4.55 Å². The largest absolute Gasteiger partial charge is 0.598 e. The molecule has 1 aliphatic carbocycles. The lowest BCUT2D eigenvalue weighted by Gasteiger charge is -2.43. The number of rotatable bonds is 2. The molecule has 1 heterocycles. The molecule has 1 saturated heterocycles. The Morgan fingerprint density at radius 2 is 1.86 bits per heavy atom. The molecule has 3 nitrogen and oxygen atoms in total. The van der Waals surface area contributed by atoms with Gasteiger partial charge in [0.05, 0.1) is 6.04 Å². The molecule has 122 valence electrons. The molecule has 1 fully saturated rings. The van der Waals surface area contributed by atoms with Gasteiger partial charge in [0, 0.05) is 16.8 Å². The fourth-order valence-electron chi connectivity index (χ4n) is 3.79. The molecule has 0 bridgehead atoms. The molecule has 22 heavy (non-hydrogen) atoms. The minimum atomic E-state index is -1.03. The molecule has 2 aliphatic rings. The van der Waals surface area contributed by atoms with Crippen LogP contribution in [-0.4, -0.2) is 34.3 Å². The van der Waals surface area contributed by atoms with Crippen LogP contribution in [-0.2, 0) is 17.8 Å². The zero-order chi connectivity index (χ0) is 16.0. The van der Waals surface area contributed by atoms with Gasteiger partial charge in [-0.2, -0.15) is 0 Å². The van der Waals surface area contributed by atoms with Crippen LogP contribution in [0.4, 0.5) is 0 Å². The maximum atomic E-state index is 12.7. The van der Waals surface area contributed by atoms with E-state index in [-0.39, 0.29) is 16.2 Å². The van der Waals surface area contributed by atoms with E-state index in [2.05, 4.69) is 40.9 Å². The summed E-state index contributed by atoms with van der Waals surface area (Å²) >= 11 is -1.03. The highest BCUT2D eigenvalue weighted by Crippen LogP contribution is 2.52. The molecule has 4 heteroatoms. The summed E-state index contributed by atoms with van der Waals surface area (Å²) in [6.45, 7) is 8.39. The minimum absolute atomic E-state index is 0.220. The van der Waals surface area contributed by atoms with Crippen molar-refractivity contribution in [2.75, 3.05) is 20.1 Å². The van der Waals surface area contributed by atoms with Crippen molar-refractivity contribution in [3.05, 3.63) is 35.4 Å². The van der Waals surface area contributed by atoms with Gasteiger partial charge in [-0.1, -0.05) is 24.3 Å². The monoisotopic (exact) mass is 320 g/mol. The van der Waals surface area contributed by atoms with Gasteiger partial charge in [-0.25, -0.2) is 0 Å². The lowest BCUT2D eigenvalue weighted by atomic mass is 9.73. The van der Waals surface area contributed by atoms with Crippen LogP contribution >= 0.6 is 0 Å². The van der Waals surface area contributed by atoms with Crippen molar-refractivity contribution in [1.29, 1.82) is 0 Å². The molecule has 3 rings (SSSR count). The van der Waals surface area contributed by atoms with Crippen LogP contribution in [0.15, 0.2) is 24.3 Å². The van der Waals surface area contributed by atoms with Gasteiger partial charge < -0.3 is 9.45 Å². The summed E-state index contributed by atoms with van der Waals surface area (Å²) in [5.74, 6) is 0. The number of nitrogens with zero attached hydrogens (tertiary/aromatic N) is 1. The van der Waals surface area contributed by atoms with Gasteiger partial charge in [-0.3, -0.25) is 0 Å². The summed E-state index contributed by atoms with van der Waals surface area (Å²) in [6.07, 6.45) is 3.48. The van der Waals surface area contributed by atoms with Crippen LogP contribution in [0.25, 0.3) is 0 Å². The Balaban J connectivity index is 1.90. The van der Waals surface area contributed by atoms with E-state index in [1.54, 1.807) is 0 Å². The zero-order valence-electron chi connectivity index (χ0n) is 14.2. The van der Waals surface area contributed by atoms with E-state index in [0.29, 0.717) is 0 Å². The Morgan fingerprint density at radius 3 is 2.50 bits per heavy atom. The van der Waals surface area contributed by atoms with Crippen molar-refractivity contribution >= 4 is 11.4 Å². The third kappa shape index (κ3) is 2.94. The van der Waals surface area contributed by atoms with Gasteiger partial charge in [0.1, 0.15) is 4.75 Å². The van der Waals surface area contributed by atoms with Crippen LogP contribution in [0.1, 0.15) is 50.8 Å². The molecule has 1 aliphatic heterocycles. The minimum Gasteiger partial charge on any atom is -0.598 e. The Bertz CT molecular complexity index is 532. The number of likely N-dealkylation sites (tertiary alicyclic amines) is 1. The topological polar surface area (TPSA) is 38.3 Å². The van der Waals surface area contributed by atoms with Crippen LogP contribution in [0, 0.1) is 5.41 Å². The molecule has 1 spiro atoms. The van der Waals surface area contributed by atoms with Crippen molar-refractivity contribution in [1.82, 2.24) is 9.62 Å².